The van der Waals surface area contributed by atoms with Crippen LogP contribution in [0.2, 0.25) is 0 Å². The van der Waals surface area contributed by atoms with Crippen molar-refractivity contribution in [1.29, 1.82) is 0 Å². The summed E-state index contributed by atoms with van der Waals surface area (Å²) < 4.78 is 6.88. The minimum absolute atomic E-state index is 0.224. The molecule has 0 spiro atoms. The van der Waals surface area contributed by atoms with Crippen LogP contribution in [-0.4, -0.2) is 67.9 Å². The van der Waals surface area contributed by atoms with Crippen molar-refractivity contribution in [2.75, 3.05) is 36.8 Å². The van der Waals surface area contributed by atoms with Gasteiger partial charge in [0.25, 0.3) is 0 Å². The lowest BCUT2D eigenvalue weighted by Crippen LogP contribution is -2.50. The van der Waals surface area contributed by atoms with Crippen molar-refractivity contribution >= 4 is 17.4 Å². The number of anilines is 2. The van der Waals surface area contributed by atoms with Crippen molar-refractivity contribution in [3.8, 4) is 11.6 Å². The van der Waals surface area contributed by atoms with Crippen LogP contribution in [0.25, 0.3) is 17.2 Å². The zero-order valence-corrected chi connectivity index (χ0v) is 13.6. The normalized spacial score (nSPS) is 24.1. The van der Waals surface area contributed by atoms with E-state index in [2.05, 4.69) is 24.9 Å². The Hall–Kier alpha value is -2.65. The quantitative estimate of drug-likeness (QED) is 0.681. The first-order chi connectivity index (χ1) is 12.2. The predicted octanol–water partition coefficient (Wildman–Crippen LogP) is 0.222. The molecule has 3 N–H and O–H groups in total. The van der Waals surface area contributed by atoms with E-state index in [1.54, 1.807) is 12.3 Å². The van der Waals surface area contributed by atoms with Crippen LogP contribution >= 0.6 is 0 Å². The van der Waals surface area contributed by atoms with Gasteiger partial charge in [0.05, 0.1) is 12.4 Å². The number of aliphatic hydroxyl groups is 1. The van der Waals surface area contributed by atoms with Gasteiger partial charge in [-0.25, -0.2) is 4.98 Å². The minimum atomic E-state index is -0.224. The van der Waals surface area contributed by atoms with Gasteiger partial charge >= 0.3 is 0 Å². The van der Waals surface area contributed by atoms with Crippen molar-refractivity contribution in [3.05, 3.63) is 24.5 Å². The smallest absolute Gasteiger partial charge is 0.225 e. The van der Waals surface area contributed by atoms with E-state index in [9.17, 15) is 5.11 Å². The van der Waals surface area contributed by atoms with Crippen LogP contribution in [0, 0.1) is 0 Å². The van der Waals surface area contributed by atoms with Gasteiger partial charge in [-0.05, 0) is 18.6 Å². The molecule has 3 aromatic rings. The number of nitrogens with zero attached hydrogens (tertiary/aromatic N) is 6. The molecule has 9 heteroatoms. The van der Waals surface area contributed by atoms with Crippen molar-refractivity contribution in [2.45, 2.75) is 18.6 Å². The molecule has 0 unspecified atom stereocenters. The highest BCUT2D eigenvalue weighted by molar-refractivity contribution is 5.59. The molecule has 5 rings (SSSR count). The van der Waals surface area contributed by atoms with Crippen LogP contribution in [0.15, 0.2) is 28.9 Å². The second-order valence-electron chi connectivity index (χ2n) is 6.64. The van der Waals surface area contributed by atoms with Crippen molar-refractivity contribution in [3.63, 3.8) is 0 Å². The number of nitrogen functional groups attached to an aromatic ring is 1. The number of rotatable bonds is 2. The summed E-state index contributed by atoms with van der Waals surface area (Å²) in [6, 6.07) is 5.86. The standard InChI is InChI=1S/C16H19N7O2/c17-16-19-13(22-4-3-21-9-11(24)6-10(21)8-22)7-14-18-15(20-23(14)16)12-2-1-5-25-12/h1-2,5,7,10-11,24H,3-4,6,8-9H2,(H2,17,19)/t10-,11-/m0/s1. The maximum absolute atomic E-state index is 9.87. The van der Waals surface area contributed by atoms with Crippen LogP contribution in [0.4, 0.5) is 11.8 Å². The van der Waals surface area contributed by atoms with Crippen molar-refractivity contribution < 1.29 is 9.52 Å². The molecule has 0 bridgehead atoms. The second kappa shape index (κ2) is 5.43. The zero-order chi connectivity index (χ0) is 17.0. The average molecular weight is 341 g/mol. The molecular formula is C16H19N7O2. The van der Waals surface area contributed by atoms with Gasteiger partial charge in [-0.1, -0.05) is 0 Å². The van der Waals surface area contributed by atoms with Crippen LogP contribution in [0.5, 0.6) is 0 Å². The summed E-state index contributed by atoms with van der Waals surface area (Å²) in [6.07, 6.45) is 2.17. The molecule has 130 valence electrons. The van der Waals surface area contributed by atoms with E-state index < -0.39 is 0 Å². The Bertz CT molecular complexity index is 907. The summed E-state index contributed by atoms with van der Waals surface area (Å²) in [5, 5.41) is 14.2. The van der Waals surface area contributed by atoms with Crippen LogP contribution in [0.3, 0.4) is 0 Å². The first kappa shape index (κ1) is 14.7. The second-order valence-corrected chi connectivity index (χ2v) is 6.64. The number of fused-ring (bicyclic) bond motifs is 2. The minimum Gasteiger partial charge on any atom is -0.461 e. The molecule has 9 nitrogen and oxygen atoms in total. The van der Waals surface area contributed by atoms with Gasteiger partial charge in [-0.3, -0.25) is 4.90 Å². The number of nitrogens with two attached hydrogens (primary N) is 1. The molecule has 3 aromatic heterocycles. The summed E-state index contributed by atoms with van der Waals surface area (Å²) in [5.41, 5.74) is 6.74. The van der Waals surface area contributed by atoms with Gasteiger partial charge in [-0.15, -0.1) is 5.10 Å². The third-order valence-corrected chi connectivity index (χ3v) is 5.00. The first-order valence-electron chi connectivity index (χ1n) is 8.41. The molecule has 2 aliphatic heterocycles. The van der Waals surface area contributed by atoms with Crippen LogP contribution < -0.4 is 10.6 Å². The lowest BCUT2D eigenvalue weighted by Gasteiger charge is -2.37. The summed E-state index contributed by atoms with van der Waals surface area (Å²) in [5.74, 6) is 2.17. The molecule has 25 heavy (non-hydrogen) atoms. The number of aromatic nitrogens is 4. The van der Waals surface area contributed by atoms with Crippen LogP contribution in [0.1, 0.15) is 6.42 Å². The summed E-state index contributed by atoms with van der Waals surface area (Å²) in [7, 11) is 0. The number of hydrogen-bond donors (Lipinski definition) is 2. The summed E-state index contributed by atoms with van der Waals surface area (Å²) in [6.45, 7) is 3.37. The van der Waals surface area contributed by atoms with Gasteiger partial charge in [-0.2, -0.15) is 9.50 Å². The number of piperazine rings is 1. The van der Waals surface area contributed by atoms with Gasteiger partial charge in [0.15, 0.2) is 11.4 Å². The maximum atomic E-state index is 9.87. The topological polar surface area (TPSA) is 109 Å². The Morgan fingerprint density at radius 2 is 2.16 bits per heavy atom. The third kappa shape index (κ3) is 2.43. The molecule has 2 aliphatic rings. The van der Waals surface area contributed by atoms with Crippen LogP contribution in [-0.2, 0) is 0 Å². The zero-order valence-electron chi connectivity index (χ0n) is 13.6. The average Bonchev–Trinajstić information content (AvgIpc) is 3.31. The highest BCUT2D eigenvalue weighted by atomic mass is 16.3. The van der Waals surface area contributed by atoms with E-state index in [0.717, 1.165) is 38.4 Å². The Kier molecular flexibility index (Phi) is 3.19. The Morgan fingerprint density at radius 1 is 1.24 bits per heavy atom. The van der Waals surface area contributed by atoms with Gasteiger partial charge < -0.3 is 20.2 Å². The Morgan fingerprint density at radius 3 is 3.00 bits per heavy atom. The van der Waals surface area contributed by atoms with E-state index >= 15 is 0 Å². The molecule has 2 atom stereocenters. The molecule has 2 fully saturated rings. The Balaban J connectivity index is 1.48. The van der Waals surface area contributed by atoms with Gasteiger partial charge in [0.1, 0.15) is 5.82 Å². The first-order valence-corrected chi connectivity index (χ1v) is 8.41. The van der Waals surface area contributed by atoms with E-state index in [0.29, 0.717) is 29.2 Å². The molecule has 0 aliphatic carbocycles. The molecule has 0 saturated carbocycles. The van der Waals surface area contributed by atoms with E-state index in [1.165, 1.54) is 4.52 Å². The van der Waals surface area contributed by atoms with E-state index in [-0.39, 0.29) is 6.10 Å². The lowest BCUT2D eigenvalue weighted by molar-refractivity contribution is 0.173. The monoisotopic (exact) mass is 341 g/mol. The van der Waals surface area contributed by atoms with Gasteiger partial charge in [0, 0.05) is 38.3 Å². The largest absolute Gasteiger partial charge is 0.461 e. The highest BCUT2D eigenvalue weighted by Crippen LogP contribution is 2.26. The lowest BCUT2D eigenvalue weighted by atomic mass is 10.1. The molecule has 2 saturated heterocycles. The highest BCUT2D eigenvalue weighted by Gasteiger charge is 2.35. The number of hydrogen-bond acceptors (Lipinski definition) is 8. The van der Waals surface area contributed by atoms with E-state index in [4.69, 9.17) is 10.2 Å². The van der Waals surface area contributed by atoms with Crippen molar-refractivity contribution in [2.24, 2.45) is 0 Å². The fourth-order valence-corrected chi connectivity index (χ4v) is 3.80. The molecule has 0 aromatic carbocycles. The SMILES string of the molecule is Nc1nc(N2CCN3C[C@@H](O)C[C@H]3C2)cc2nc(-c3ccco3)nn12. The summed E-state index contributed by atoms with van der Waals surface area (Å²) >= 11 is 0. The molecular weight excluding hydrogens is 322 g/mol. The maximum Gasteiger partial charge on any atom is 0.225 e. The summed E-state index contributed by atoms with van der Waals surface area (Å²) in [4.78, 5) is 13.6. The number of furan rings is 1. The molecule has 0 amide bonds. The van der Waals surface area contributed by atoms with Crippen molar-refractivity contribution in [1.82, 2.24) is 24.5 Å². The fourth-order valence-electron chi connectivity index (χ4n) is 3.80. The van der Waals surface area contributed by atoms with Gasteiger partial charge in [0.2, 0.25) is 11.8 Å². The number of aliphatic hydroxyl groups excluding tert-OH is 1. The Labute approximate surface area is 143 Å². The molecule has 5 heterocycles. The predicted molar refractivity (Wildman–Crippen MR) is 91.1 cm³/mol. The fraction of sp³-hybridized carbons (Fsp3) is 0.438. The molecule has 0 radical (unpaired) electrons. The third-order valence-electron chi connectivity index (χ3n) is 5.00. The van der Waals surface area contributed by atoms with E-state index in [1.807, 2.05) is 12.1 Å².